The van der Waals surface area contributed by atoms with Gasteiger partial charge in [0, 0.05) is 33.8 Å². The Bertz CT molecular complexity index is 504. The number of rotatable bonds is 5. The molecule has 0 aromatic carbocycles. The van der Waals surface area contributed by atoms with Crippen LogP contribution in [-0.2, 0) is 11.3 Å². The predicted molar refractivity (Wildman–Crippen MR) is 84.3 cm³/mol. The first-order valence-electron chi connectivity index (χ1n) is 7.63. The minimum atomic E-state index is -0.311. The molecule has 1 amide bonds. The van der Waals surface area contributed by atoms with E-state index in [1.807, 2.05) is 14.1 Å². The summed E-state index contributed by atoms with van der Waals surface area (Å²) in [6.45, 7) is 1.13. The molecule has 1 fully saturated rings. The number of carbonyl (C=O) groups excluding carboxylic acids is 1. The van der Waals surface area contributed by atoms with Gasteiger partial charge in [-0.1, -0.05) is 18.0 Å². The van der Waals surface area contributed by atoms with Gasteiger partial charge in [-0.25, -0.2) is 0 Å². The van der Waals surface area contributed by atoms with Crippen molar-refractivity contribution in [3.63, 3.8) is 0 Å². The van der Waals surface area contributed by atoms with Gasteiger partial charge in [-0.05, 0) is 12.8 Å². The lowest BCUT2D eigenvalue weighted by Crippen LogP contribution is -2.49. The highest BCUT2D eigenvalue weighted by molar-refractivity contribution is 5.85. The van der Waals surface area contributed by atoms with Crippen LogP contribution in [0, 0.1) is 5.41 Å². The summed E-state index contributed by atoms with van der Waals surface area (Å²) in [6, 6.07) is 1.80. The van der Waals surface area contributed by atoms with Crippen LogP contribution in [-0.4, -0.2) is 49.6 Å². The van der Waals surface area contributed by atoms with Gasteiger partial charge in [-0.2, -0.15) is 0 Å². The second-order valence-electron chi connectivity index (χ2n) is 5.96. The van der Waals surface area contributed by atoms with Crippen molar-refractivity contribution < 1.29 is 9.32 Å². The maximum absolute atomic E-state index is 12.5. The lowest BCUT2D eigenvalue weighted by molar-refractivity contribution is -0.138. The highest BCUT2D eigenvalue weighted by Crippen LogP contribution is 2.38. The third-order valence-corrected chi connectivity index (χ3v) is 4.17. The summed E-state index contributed by atoms with van der Waals surface area (Å²) in [7, 11) is 5.35. The Labute approximate surface area is 131 Å². The fourth-order valence-electron chi connectivity index (χ4n) is 2.97. The molecule has 22 heavy (non-hydrogen) atoms. The fraction of sp³-hybridized carbons (Fsp3) is 0.667. The maximum atomic E-state index is 12.5. The van der Waals surface area contributed by atoms with E-state index in [-0.39, 0.29) is 11.3 Å². The molecule has 0 aliphatic heterocycles. The zero-order valence-corrected chi connectivity index (χ0v) is 13.6. The van der Waals surface area contributed by atoms with Gasteiger partial charge in [-0.3, -0.25) is 9.79 Å². The van der Waals surface area contributed by atoms with Gasteiger partial charge in [0.05, 0.1) is 12.0 Å². The van der Waals surface area contributed by atoms with Crippen LogP contribution in [0.4, 0.5) is 0 Å². The van der Waals surface area contributed by atoms with E-state index >= 15 is 0 Å². The third kappa shape index (κ3) is 3.78. The van der Waals surface area contributed by atoms with E-state index in [2.05, 4.69) is 20.8 Å². The average Bonchev–Trinajstić information content (AvgIpc) is 3.18. The van der Waals surface area contributed by atoms with Crippen molar-refractivity contribution in [3.8, 4) is 0 Å². The van der Waals surface area contributed by atoms with Gasteiger partial charge < -0.3 is 20.1 Å². The highest BCUT2D eigenvalue weighted by Gasteiger charge is 2.42. The van der Waals surface area contributed by atoms with E-state index in [4.69, 9.17) is 4.52 Å². The van der Waals surface area contributed by atoms with Gasteiger partial charge in [0.1, 0.15) is 12.0 Å². The SMILES string of the molecule is CN=C(NCc1ccon1)NCC1(C(=O)N(C)C)CCCC1. The molecule has 0 bridgehead atoms. The first-order chi connectivity index (χ1) is 10.6. The van der Waals surface area contributed by atoms with E-state index in [9.17, 15) is 4.79 Å². The van der Waals surface area contributed by atoms with Crippen LogP contribution in [0.25, 0.3) is 0 Å². The number of nitrogens with one attached hydrogen (secondary N) is 2. The lowest BCUT2D eigenvalue weighted by Gasteiger charge is -2.31. The van der Waals surface area contributed by atoms with Crippen molar-refractivity contribution in [1.82, 2.24) is 20.7 Å². The van der Waals surface area contributed by atoms with E-state index in [1.165, 1.54) is 6.26 Å². The fourth-order valence-corrected chi connectivity index (χ4v) is 2.97. The Morgan fingerprint density at radius 3 is 2.68 bits per heavy atom. The van der Waals surface area contributed by atoms with Crippen molar-refractivity contribution in [3.05, 3.63) is 18.0 Å². The monoisotopic (exact) mass is 307 g/mol. The lowest BCUT2D eigenvalue weighted by atomic mass is 9.84. The minimum absolute atomic E-state index is 0.199. The Morgan fingerprint density at radius 2 is 2.14 bits per heavy atom. The van der Waals surface area contributed by atoms with E-state index < -0.39 is 0 Å². The number of aromatic nitrogens is 1. The molecule has 2 rings (SSSR count). The molecule has 1 heterocycles. The van der Waals surface area contributed by atoms with Crippen LogP contribution >= 0.6 is 0 Å². The molecular formula is C15H25N5O2. The number of nitrogens with zero attached hydrogens (tertiary/aromatic N) is 3. The molecule has 1 aliphatic carbocycles. The van der Waals surface area contributed by atoms with Crippen molar-refractivity contribution in [2.75, 3.05) is 27.7 Å². The van der Waals surface area contributed by atoms with Gasteiger partial charge in [0.15, 0.2) is 5.96 Å². The number of guanidine groups is 1. The number of carbonyl (C=O) groups is 1. The topological polar surface area (TPSA) is 82.8 Å². The Balaban J connectivity index is 1.91. The molecule has 7 heteroatoms. The standard InChI is InChI=1S/C15H25N5O2/c1-16-14(17-10-12-6-9-22-19-12)18-11-15(7-4-5-8-15)13(21)20(2)3/h6,9H,4-5,7-8,10-11H2,1-3H3,(H2,16,17,18). The molecule has 122 valence electrons. The number of hydrogen-bond donors (Lipinski definition) is 2. The van der Waals surface area contributed by atoms with Crippen LogP contribution in [0.2, 0.25) is 0 Å². The van der Waals surface area contributed by atoms with Crippen LogP contribution in [0.3, 0.4) is 0 Å². The summed E-state index contributed by atoms with van der Waals surface area (Å²) < 4.78 is 4.80. The first kappa shape index (κ1) is 16.3. The van der Waals surface area contributed by atoms with Crippen molar-refractivity contribution in [2.45, 2.75) is 32.2 Å². The molecule has 0 saturated heterocycles. The molecule has 0 unspecified atom stereocenters. The van der Waals surface area contributed by atoms with Crippen LogP contribution in [0.15, 0.2) is 21.8 Å². The molecule has 1 saturated carbocycles. The summed E-state index contributed by atoms with van der Waals surface area (Å²) in [5, 5.41) is 10.3. The molecule has 7 nitrogen and oxygen atoms in total. The predicted octanol–water partition coefficient (Wildman–Crippen LogP) is 0.988. The number of amides is 1. The summed E-state index contributed by atoms with van der Waals surface area (Å²) in [5.74, 6) is 0.866. The molecule has 0 radical (unpaired) electrons. The number of hydrogen-bond acceptors (Lipinski definition) is 4. The Morgan fingerprint density at radius 1 is 1.41 bits per heavy atom. The molecule has 1 aliphatic rings. The molecule has 1 aromatic rings. The van der Waals surface area contributed by atoms with Gasteiger partial charge in [-0.15, -0.1) is 0 Å². The highest BCUT2D eigenvalue weighted by atomic mass is 16.5. The maximum Gasteiger partial charge on any atom is 0.230 e. The van der Waals surface area contributed by atoms with Gasteiger partial charge in [0.2, 0.25) is 5.91 Å². The zero-order valence-electron chi connectivity index (χ0n) is 13.6. The molecule has 0 spiro atoms. The number of aliphatic imine (C=N–C) groups is 1. The summed E-state index contributed by atoms with van der Waals surface area (Å²) in [6.07, 6.45) is 5.60. The van der Waals surface area contributed by atoms with Crippen molar-refractivity contribution in [1.29, 1.82) is 0 Å². The molecule has 0 atom stereocenters. The molecule has 1 aromatic heterocycles. The summed E-state index contributed by atoms with van der Waals surface area (Å²) >= 11 is 0. The summed E-state index contributed by atoms with van der Waals surface area (Å²) in [5.41, 5.74) is 0.498. The van der Waals surface area contributed by atoms with E-state index in [0.29, 0.717) is 19.0 Å². The van der Waals surface area contributed by atoms with Crippen molar-refractivity contribution in [2.24, 2.45) is 10.4 Å². The van der Waals surface area contributed by atoms with Crippen LogP contribution in [0.5, 0.6) is 0 Å². The summed E-state index contributed by atoms with van der Waals surface area (Å²) in [4.78, 5) is 18.4. The van der Waals surface area contributed by atoms with E-state index in [1.54, 1.807) is 18.0 Å². The zero-order chi connectivity index (χ0) is 16.0. The minimum Gasteiger partial charge on any atom is -0.364 e. The van der Waals surface area contributed by atoms with Crippen molar-refractivity contribution >= 4 is 11.9 Å². The third-order valence-electron chi connectivity index (χ3n) is 4.17. The second kappa shape index (κ2) is 7.29. The van der Waals surface area contributed by atoms with Gasteiger partial charge >= 0.3 is 0 Å². The van der Waals surface area contributed by atoms with E-state index in [0.717, 1.165) is 31.4 Å². The molecule has 2 N–H and O–H groups in total. The van der Waals surface area contributed by atoms with Crippen LogP contribution < -0.4 is 10.6 Å². The Hall–Kier alpha value is -2.05. The first-order valence-corrected chi connectivity index (χ1v) is 7.63. The smallest absolute Gasteiger partial charge is 0.230 e. The molecular weight excluding hydrogens is 282 g/mol. The Kier molecular flexibility index (Phi) is 5.41. The van der Waals surface area contributed by atoms with Crippen LogP contribution in [0.1, 0.15) is 31.4 Å². The normalized spacial score (nSPS) is 17.3. The quantitative estimate of drug-likeness (QED) is 0.626. The average molecular weight is 307 g/mol. The largest absolute Gasteiger partial charge is 0.364 e. The second-order valence-corrected chi connectivity index (χ2v) is 5.96. The van der Waals surface area contributed by atoms with Gasteiger partial charge in [0.25, 0.3) is 0 Å².